The second-order valence-corrected chi connectivity index (χ2v) is 7.98. The average Bonchev–Trinajstić information content (AvgIpc) is 3.15. The van der Waals surface area contributed by atoms with E-state index in [9.17, 15) is 14.0 Å². The Hall–Kier alpha value is -2.73. The normalized spacial score (nSPS) is 13.4. The maximum atomic E-state index is 13.0. The molecule has 6 heteroatoms. The SMILES string of the molecule is CC(C)(C)C(=O)/C=c1\[nH]c(=O)/c(=C\c2ccc(-c3ccc(F)cc3)o2)s1. The lowest BCUT2D eigenvalue weighted by Crippen LogP contribution is -2.22. The van der Waals surface area contributed by atoms with Crippen molar-refractivity contribution in [2.24, 2.45) is 5.41 Å². The molecule has 0 radical (unpaired) electrons. The lowest BCUT2D eigenvalue weighted by Gasteiger charge is -2.12. The van der Waals surface area contributed by atoms with Crippen LogP contribution in [-0.2, 0) is 4.79 Å². The third-order valence-corrected chi connectivity index (χ3v) is 4.67. The number of Topliss-reactive ketones (excluding diaryl/α,β-unsaturated/α-hetero) is 1. The smallest absolute Gasteiger partial charge is 0.266 e. The van der Waals surface area contributed by atoms with Gasteiger partial charge in [-0.3, -0.25) is 9.59 Å². The number of nitrogens with one attached hydrogen (secondary N) is 1. The summed E-state index contributed by atoms with van der Waals surface area (Å²) in [5.74, 6) is 0.716. The first-order chi connectivity index (χ1) is 12.2. The molecule has 2 heterocycles. The van der Waals surface area contributed by atoms with E-state index in [0.717, 1.165) is 5.56 Å². The van der Waals surface area contributed by atoms with Crippen LogP contribution in [0.5, 0.6) is 0 Å². The number of hydrogen-bond donors (Lipinski definition) is 1. The number of thiazole rings is 1. The quantitative estimate of drug-likeness (QED) is 0.770. The number of carbonyl (C=O) groups excluding carboxylic acids is 1. The van der Waals surface area contributed by atoms with E-state index in [2.05, 4.69) is 4.98 Å². The first kappa shape index (κ1) is 18.1. The predicted octanol–water partition coefficient (Wildman–Crippen LogP) is 3.06. The Bertz CT molecular complexity index is 1110. The van der Waals surface area contributed by atoms with Gasteiger partial charge >= 0.3 is 0 Å². The third-order valence-electron chi connectivity index (χ3n) is 3.71. The molecule has 0 atom stereocenters. The van der Waals surface area contributed by atoms with Crippen molar-refractivity contribution < 1.29 is 13.6 Å². The van der Waals surface area contributed by atoms with Gasteiger partial charge in [-0.2, -0.15) is 0 Å². The van der Waals surface area contributed by atoms with Crippen molar-refractivity contribution in [3.63, 3.8) is 0 Å². The minimum absolute atomic E-state index is 0.0573. The molecule has 0 bridgehead atoms. The number of halogens is 1. The second-order valence-electron chi connectivity index (χ2n) is 6.90. The maximum Gasteiger partial charge on any atom is 0.266 e. The average molecular weight is 371 g/mol. The van der Waals surface area contributed by atoms with Crippen molar-refractivity contribution in [3.8, 4) is 11.3 Å². The largest absolute Gasteiger partial charge is 0.457 e. The van der Waals surface area contributed by atoms with E-state index >= 15 is 0 Å². The van der Waals surface area contributed by atoms with Gasteiger partial charge < -0.3 is 9.40 Å². The number of benzene rings is 1. The van der Waals surface area contributed by atoms with E-state index in [1.54, 1.807) is 30.3 Å². The van der Waals surface area contributed by atoms with Gasteiger partial charge in [0.25, 0.3) is 5.56 Å². The van der Waals surface area contributed by atoms with Gasteiger partial charge in [0.1, 0.15) is 17.3 Å². The van der Waals surface area contributed by atoms with Crippen LogP contribution in [0, 0.1) is 11.2 Å². The number of aromatic nitrogens is 1. The minimum Gasteiger partial charge on any atom is -0.457 e. The molecule has 0 fully saturated rings. The first-order valence-corrected chi connectivity index (χ1v) is 8.87. The van der Waals surface area contributed by atoms with E-state index in [-0.39, 0.29) is 17.2 Å². The standard InChI is InChI=1S/C20H18FNO3S/c1-20(2,3)17(23)11-18-22-19(24)16(26-18)10-14-8-9-15(25-14)12-4-6-13(21)7-5-12/h4-11H,1-3H3,(H,22,24)/b16-10+,18-11+. The molecule has 0 saturated carbocycles. The second kappa shape index (κ2) is 6.88. The number of carbonyl (C=O) groups is 1. The summed E-state index contributed by atoms with van der Waals surface area (Å²) in [5.41, 5.74) is -0.0332. The Morgan fingerprint density at radius 2 is 1.85 bits per heavy atom. The maximum absolute atomic E-state index is 13.0. The predicted molar refractivity (Wildman–Crippen MR) is 101 cm³/mol. The topological polar surface area (TPSA) is 63.1 Å². The van der Waals surface area contributed by atoms with E-state index in [1.165, 1.54) is 29.5 Å². The van der Waals surface area contributed by atoms with Crippen LogP contribution in [0.15, 0.2) is 45.6 Å². The molecule has 1 aromatic carbocycles. The van der Waals surface area contributed by atoms with E-state index in [4.69, 9.17) is 4.42 Å². The van der Waals surface area contributed by atoms with Crippen molar-refractivity contribution in [2.75, 3.05) is 0 Å². The molecule has 26 heavy (non-hydrogen) atoms. The summed E-state index contributed by atoms with van der Waals surface area (Å²) >= 11 is 1.20. The number of ketones is 1. The zero-order chi connectivity index (χ0) is 18.9. The molecule has 4 nitrogen and oxygen atoms in total. The zero-order valence-corrected chi connectivity index (χ0v) is 15.4. The highest BCUT2D eigenvalue weighted by atomic mass is 32.1. The van der Waals surface area contributed by atoms with Gasteiger partial charge in [0.2, 0.25) is 0 Å². The molecule has 0 aliphatic rings. The van der Waals surface area contributed by atoms with Crippen LogP contribution in [0.2, 0.25) is 0 Å². The number of H-pyrrole nitrogens is 1. The van der Waals surface area contributed by atoms with Crippen molar-refractivity contribution in [1.29, 1.82) is 0 Å². The Morgan fingerprint density at radius 1 is 1.15 bits per heavy atom. The van der Waals surface area contributed by atoms with E-state index < -0.39 is 5.41 Å². The lowest BCUT2D eigenvalue weighted by molar-refractivity contribution is -0.119. The molecule has 0 saturated heterocycles. The minimum atomic E-state index is -0.504. The molecule has 3 rings (SSSR count). The van der Waals surface area contributed by atoms with Crippen LogP contribution in [0.1, 0.15) is 26.5 Å². The molecular weight excluding hydrogens is 353 g/mol. The fraction of sp³-hybridized carbons (Fsp3) is 0.200. The van der Waals surface area contributed by atoms with E-state index in [0.29, 0.717) is 20.7 Å². The fourth-order valence-corrected chi connectivity index (χ4v) is 3.05. The van der Waals surface area contributed by atoms with Gasteiger partial charge in [-0.05, 0) is 36.4 Å². The summed E-state index contributed by atoms with van der Waals surface area (Å²) in [5, 5.41) is 0. The zero-order valence-electron chi connectivity index (χ0n) is 14.6. The molecule has 0 aliphatic carbocycles. The van der Waals surface area contributed by atoms with Gasteiger partial charge in [-0.25, -0.2) is 4.39 Å². The molecule has 0 unspecified atom stereocenters. The number of rotatable bonds is 3. The Morgan fingerprint density at radius 3 is 2.50 bits per heavy atom. The summed E-state index contributed by atoms with van der Waals surface area (Å²) in [7, 11) is 0. The Labute approximate surface area is 153 Å². The van der Waals surface area contributed by atoms with Gasteiger partial charge in [0.05, 0.1) is 9.20 Å². The highest BCUT2D eigenvalue weighted by molar-refractivity contribution is 7.07. The molecule has 3 aromatic rings. The summed E-state index contributed by atoms with van der Waals surface area (Å²) in [6.45, 7) is 5.47. The molecule has 1 N–H and O–H groups in total. The van der Waals surface area contributed by atoms with Gasteiger partial charge in [-0.15, -0.1) is 11.3 Å². The van der Waals surface area contributed by atoms with Crippen molar-refractivity contribution >= 4 is 29.3 Å². The van der Waals surface area contributed by atoms with Gasteiger partial charge in [0, 0.05) is 23.1 Å². The Kier molecular flexibility index (Phi) is 4.78. The summed E-state index contributed by atoms with van der Waals surface area (Å²) in [6, 6.07) is 9.47. The van der Waals surface area contributed by atoms with Crippen LogP contribution in [0.25, 0.3) is 23.5 Å². The lowest BCUT2D eigenvalue weighted by atomic mass is 9.91. The van der Waals surface area contributed by atoms with Crippen molar-refractivity contribution in [3.05, 3.63) is 67.5 Å². The highest BCUT2D eigenvalue weighted by Crippen LogP contribution is 2.22. The molecule has 0 spiro atoms. The number of furan rings is 1. The van der Waals surface area contributed by atoms with Crippen molar-refractivity contribution in [2.45, 2.75) is 20.8 Å². The summed E-state index contributed by atoms with van der Waals surface area (Å²) in [4.78, 5) is 26.9. The summed E-state index contributed by atoms with van der Waals surface area (Å²) < 4.78 is 19.7. The monoisotopic (exact) mass is 371 g/mol. The van der Waals surface area contributed by atoms with Crippen LogP contribution >= 0.6 is 11.3 Å². The van der Waals surface area contributed by atoms with Crippen molar-refractivity contribution in [1.82, 2.24) is 4.98 Å². The van der Waals surface area contributed by atoms with E-state index in [1.807, 2.05) is 20.8 Å². The first-order valence-electron chi connectivity index (χ1n) is 8.05. The molecular formula is C20H18FNO3S. The summed E-state index contributed by atoms with van der Waals surface area (Å²) in [6.07, 6.45) is 3.07. The number of hydrogen-bond acceptors (Lipinski definition) is 4. The molecule has 134 valence electrons. The Balaban J connectivity index is 1.94. The highest BCUT2D eigenvalue weighted by Gasteiger charge is 2.18. The van der Waals surface area contributed by atoms with Crippen LogP contribution < -0.4 is 14.8 Å². The van der Waals surface area contributed by atoms with Crippen LogP contribution in [0.3, 0.4) is 0 Å². The van der Waals surface area contributed by atoms with Gasteiger partial charge in [-0.1, -0.05) is 20.8 Å². The molecule has 0 amide bonds. The fourth-order valence-electron chi connectivity index (χ4n) is 2.19. The molecule has 2 aromatic heterocycles. The van der Waals surface area contributed by atoms with Crippen LogP contribution in [0.4, 0.5) is 4.39 Å². The van der Waals surface area contributed by atoms with Gasteiger partial charge in [0.15, 0.2) is 5.78 Å². The number of aromatic amines is 1. The third kappa shape index (κ3) is 4.08. The van der Waals surface area contributed by atoms with Crippen LogP contribution in [-0.4, -0.2) is 10.8 Å². The molecule has 0 aliphatic heterocycles.